The van der Waals surface area contributed by atoms with Gasteiger partial charge in [-0.2, -0.15) is 0 Å². The normalized spacial score (nSPS) is 43.5. The average Bonchev–Trinajstić information content (AvgIpc) is 3.15. The number of aliphatic hydroxyl groups excluding tert-OH is 1. The molecule has 0 bridgehead atoms. The SMILES string of the molecule is C[C@@]12CCC[C@H]1[C@@H]1CC[C@H]3CCCC(OC(O)C#Cc4ccccc4)[C@]3(C)[C@H]1CC2. The van der Waals surface area contributed by atoms with E-state index in [1.807, 2.05) is 30.3 Å². The fraction of sp³-hybridized carbons (Fsp3) is 0.714. The summed E-state index contributed by atoms with van der Waals surface area (Å²) in [6.07, 6.45) is 12.6. The van der Waals surface area contributed by atoms with Gasteiger partial charge >= 0.3 is 0 Å². The van der Waals surface area contributed by atoms with Gasteiger partial charge in [0.2, 0.25) is 6.29 Å². The highest BCUT2D eigenvalue weighted by molar-refractivity contribution is 5.34. The topological polar surface area (TPSA) is 29.5 Å². The van der Waals surface area contributed by atoms with E-state index in [1.165, 1.54) is 57.8 Å². The molecule has 30 heavy (non-hydrogen) atoms. The highest BCUT2D eigenvalue weighted by Crippen LogP contribution is 2.66. The summed E-state index contributed by atoms with van der Waals surface area (Å²) in [5, 5.41) is 10.7. The third-order valence-corrected chi connectivity index (χ3v) is 9.86. The Morgan fingerprint density at radius 1 is 0.933 bits per heavy atom. The first kappa shape index (κ1) is 20.6. The van der Waals surface area contributed by atoms with Crippen molar-refractivity contribution in [2.75, 3.05) is 0 Å². The monoisotopic (exact) mass is 406 g/mol. The maximum Gasteiger partial charge on any atom is 0.220 e. The van der Waals surface area contributed by atoms with Gasteiger partial charge in [0.1, 0.15) is 0 Å². The molecule has 2 unspecified atom stereocenters. The van der Waals surface area contributed by atoms with Gasteiger partial charge in [0, 0.05) is 5.56 Å². The van der Waals surface area contributed by atoms with Crippen LogP contribution in [-0.4, -0.2) is 17.5 Å². The lowest BCUT2D eigenvalue weighted by atomic mass is 9.44. The first-order chi connectivity index (χ1) is 14.5. The Morgan fingerprint density at radius 3 is 2.60 bits per heavy atom. The Bertz CT molecular complexity index is 807. The van der Waals surface area contributed by atoms with Gasteiger partial charge in [-0.3, -0.25) is 0 Å². The number of ether oxygens (including phenoxy) is 1. The van der Waals surface area contributed by atoms with Gasteiger partial charge in [-0.1, -0.05) is 50.8 Å². The molecule has 0 saturated heterocycles. The molecule has 4 saturated carbocycles. The molecular formula is C28H38O2. The van der Waals surface area contributed by atoms with E-state index in [-0.39, 0.29) is 11.5 Å². The smallest absolute Gasteiger partial charge is 0.220 e. The molecule has 8 atom stereocenters. The molecule has 4 aliphatic rings. The van der Waals surface area contributed by atoms with Crippen molar-refractivity contribution in [2.24, 2.45) is 34.5 Å². The van der Waals surface area contributed by atoms with E-state index in [9.17, 15) is 5.11 Å². The molecule has 162 valence electrons. The number of rotatable bonds is 2. The summed E-state index contributed by atoms with van der Waals surface area (Å²) >= 11 is 0. The third-order valence-electron chi connectivity index (χ3n) is 9.86. The zero-order valence-corrected chi connectivity index (χ0v) is 18.8. The lowest BCUT2D eigenvalue weighted by Gasteiger charge is -2.62. The van der Waals surface area contributed by atoms with Crippen molar-refractivity contribution < 1.29 is 9.84 Å². The van der Waals surface area contributed by atoms with E-state index in [0.29, 0.717) is 5.41 Å². The van der Waals surface area contributed by atoms with Crippen molar-refractivity contribution in [3.05, 3.63) is 35.9 Å². The number of aliphatic hydroxyl groups is 1. The van der Waals surface area contributed by atoms with Crippen LogP contribution in [0.3, 0.4) is 0 Å². The molecule has 0 amide bonds. The zero-order valence-electron chi connectivity index (χ0n) is 18.8. The molecule has 0 aliphatic heterocycles. The second-order valence-corrected chi connectivity index (χ2v) is 11.1. The van der Waals surface area contributed by atoms with Crippen molar-refractivity contribution in [1.29, 1.82) is 0 Å². The predicted octanol–water partition coefficient (Wildman–Crippen LogP) is 6.17. The summed E-state index contributed by atoms with van der Waals surface area (Å²) in [7, 11) is 0. The first-order valence-corrected chi connectivity index (χ1v) is 12.4. The van der Waals surface area contributed by atoms with Gasteiger partial charge in [-0.15, -0.1) is 0 Å². The molecule has 1 N–H and O–H groups in total. The van der Waals surface area contributed by atoms with Crippen molar-refractivity contribution in [1.82, 2.24) is 0 Å². The molecule has 0 radical (unpaired) electrons. The van der Waals surface area contributed by atoms with Crippen LogP contribution in [0, 0.1) is 46.3 Å². The number of fused-ring (bicyclic) bond motifs is 5. The van der Waals surface area contributed by atoms with Crippen LogP contribution in [0.2, 0.25) is 0 Å². The second kappa shape index (κ2) is 7.99. The Balaban J connectivity index is 1.36. The van der Waals surface area contributed by atoms with Crippen LogP contribution in [0.25, 0.3) is 0 Å². The molecular weight excluding hydrogens is 368 g/mol. The molecule has 5 rings (SSSR count). The van der Waals surface area contributed by atoms with Crippen LogP contribution in [0.15, 0.2) is 30.3 Å². The Labute approximate surface area is 182 Å². The minimum atomic E-state index is -0.994. The minimum absolute atomic E-state index is 0.134. The van der Waals surface area contributed by atoms with Gasteiger partial charge in [-0.25, -0.2) is 0 Å². The van der Waals surface area contributed by atoms with Gasteiger partial charge in [0.05, 0.1) is 6.10 Å². The van der Waals surface area contributed by atoms with Crippen LogP contribution < -0.4 is 0 Å². The second-order valence-electron chi connectivity index (χ2n) is 11.1. The van der Waals surface area contributed by atoms with Crippen LogP contribution >= 0.6 is 0 Å². The zero-order chi connectivity index (χ0) is 20.8. The molecule has 2 nitrogen and oxygen atoms in total. The van der Waals surface area contributed by atoms with Crippen LogP contribution in [0.1, 0.15) is 83.6 Å². The molecule has 4 fully saturated rings. The highest BCUT2D eigenvalue weighted by Gasteiger charge is 2.60. The fourth-order valence-electron chi connectivity index (χ4n) is 8.35. The van der Waals surface area contributed by atoms with Gasteiger partial charge < -0.3 is 9.84 Å². The number of hydrogen-bond donors (Lipinski definition) is 1. The van der Waals surface area contributed by atoms with Crippen LogP contribution in [0.4, 0.5) is 0 Å². The Hall–Kier alpha value is -1.30. The molecule has 4 aliphatic carbocycles. The first-order valence-electron chi connectivity index (χ1n) is 12.4. The molecule has 1 aromatic rings. The summed E-state index contributed by atoms with van der Waals surface area (Å²) in [6.45, 7) is 5.10. The standard InChI is InChI=1S/C28H38O2/c1-27-18-7-11-23(27)22-15-14-21-10-6-12-25(28(21,2)24(22)17-19-27)30-26(29)16-13-20-8-4-3-5-9-20/h3-5,8-9,21-26,29H,6-7,10-12,14-15,17-19H2,1-2H3/t21-,22+,23+,24+,25?,26?,27+,28+/m1/s1. The van der Waals surface area contributed by atoms with Crippen LogP contribution in [-0.2, 0) is 4.74 Å². The molecule has 0 spiro atoms. The summed E-state index contributed by atoms with van der Waals surface area (Å²) in [5.41, 5.74) is 1.72. The highest BCUT2D eigenvalue weighted by atomic mass is 16.6. The molecule has 2 heteroatoms. The van der Waals surface area contributed by atoms with Crippen LogP contribution in [0.5, 0.6) is 0 Å². The summed E-state index contributed by atoms with van der Waals surface area (Å²) in [5.74, 6) is 9.33. The van der Waals surface area contributed by atoms with Gasteiger partial charge in [0.15, 0.2) is 0 Å². The fourth-order valence-corrected chi connectivity index (χ4v) is 8.35. The molecule has 1 aromatic carbocycles. The van der Waals surface area contributed by atoms with Crippen molar-refractivity contribution in [3.8, 4) is 11.8 Å². The Morgan fingerprint density at radius 2 is 1.77 bits per heavy atom. The van der Waals surface area contributed by atoms with E-state index >= 15 is 0 Å². The maximum atomic E-state index is 10.7. The van der Waals surface area contributed by atoms with E-state index in [2.05, 4.69) is 25.7 Å². The summed E-state index contributed by atoms with van der Waals surface area (Å²) in [6, 6.07) is 9.90. The van der Waals surface area contributed by atoms with Crippen molar-refractivity contribution >= 4 is 0 Å². The van der Waals surface area contributed by atoms with E-state index in [1.54, 1.807) is 0 Å². The van der Waals surface area contributed by atoms with Gasteiger partial charge in [-0.05, 0) is 104 Å². The maximum absolute atomic E-state index is 10.7. The lowest BCUT2D eigenvalue weighted by Crippen LogP contribution is -2.58. The predicted molar refractivity (Wildman–Crippen MR) is 121 cm³/mol. The molecule has 0 aromatic heterocycles. The third kappa shape index (κ3) is 3.43. The largest absolute Gasteiger partial charge is 0.358 e. The van der Waals surface area contributed by atoms with E-state index in [4.69, 9.17) is 4.74 Å². The van der Waals surface area contributed by atoms with Crippen molar-refractivity contribution in [3.63, 3.8) is 0 Å². The van der Waals surface area contributed by atoms with Gasteiger partial charge in [0.25, 0.3) is 0 Å². The lowest BCUT2D eigenvalue weighted by molar-refractivity contribution is -0.214. The van der Waals surface area contributed by atoms with E-state index in [0.717, 1.165) is 35.7 Å². The summed E-state index contributed by atoms with van der Waals surface area (Å²) < 4.78 is 6.35. The Kier molecular flexibility index (Phi) is 5.49. The number of benzene rings is 1. The summed E-state index contributed by atoms with van der Waals surface area (Å²) in [4.78, 5) is 0. The number of hydrogen-bond acceptors (Lipinski definition) is 2. The average molecular weight is 407 g/mol. The van der Waals surface area contributed by atoms with E-state index < -0.39 is 6.29 Å². The van der Waals surface area contributed by atoms with Crippen molar-refractivity contribution in [2.45, 2.75) is 90.4 Å². The molecule has 0 heterocycles. The quantitative estimate of drug-likeness (QED) is 0.470. The minimum Gasteiger partial charge on any atom is -0.358 e.